The van der Waals surface area contributed by atoms with Gasteiger partial charge in [-0.25, -0.2) is 13.2 Å². The van der Waals surface area contributed by atoms with Crippen LogP contribution in [0.4, 0.5) is 0 Å². The van der Waals surface area contributed by atoms with E-state index in [0.29, 0.717) is 10.6 Å². The van der Waals surface area contributed by atoms with Crippen LogP contribution in [0.5, 0.6) is 0 Å². The van der Waals surface area contributed by atoms with E-state index in [1.807, 2.05) is 24.3 Å². The van der Waals surface area contributed by atoms with Crippen molar-refractivity contribution in [2.24, 2.45) is 0 Å². The Hall–Kier alpha value is -1.89. The summed E-state index contributed by atoms with van der Waals surface area (Å²) in [5, 5.41) is 1.51. The predicted octanol–water partition coefficient (Wildman–Crippen LogP) is 4.62. The number of fused-ring (bicyclic) bond motifs is 1. The fourth-order valence-electron chi connectivity index (χ4n) is 2.42. The van der Waals surface area contributed by atoms with E-state index in [9.17, 15) is 13.2 Å². The number of hydrogen-bond acceptors (Lipinski definition) is 5. The van der Waals surface area contributed by atoms with Gasteiger partial charge in [0.1, 0.15) is 6.61 Å². The van der Waals surface area contributed by atoms with Crippen LogP contribution in [0.2, 0.25) is 5.02 Å². The summed E-state index contributed by atoms with van der Waals surface area (Å²) in [6.45, 7) is 1.77. The lowest BCUT2D eigenvalue weighted by molar-refractivity contribution is 0.0476. The molecule has 0 aliphatic carbocycles. The standard InChI is InChI=1S/C18H15ClO4S2/c1-11-7-8-12(25(2,21)22)9-14(11)18(20)23-10-16-17(19)13-5-3-4-6-15(13)24-16/h3-9H,10H2,1-2H3. The summed E-state index contributed by atoms with van der Waals surface area (Å²) >= 11 is 7.81. The third-order valence-electron chi connectivity index (χ3n) is 3.79. The highest BCUT2D eigenvalue weighted by atomic mass is 35.5. The van der Waals surface area contributed by atoms with E-state index in [0.717, 1.165) is 21.2 Å². The first-order chi connectivity index (χ1) is 11.8. The van der Waals surface area contributed by atoms with Gasteiger partial charge in [0, 0.05) is 16.3 Å². The van der Waals surface area contributed by atoms with Crippen molar-refractivity contribution in [3.05, 3.63) is 63.5 Å². The van der Waals surface area contributed by atoms with Crippen LogP contribution in [0.15, 0.2) is 47.4 Å². The molecule has 1 heterocycles. The largest absolute Gasteiger partial charge is 0.456 e. The van der Waals surface area contributed by atoms with E-state index in [4.69, 9.17) is 16.3 Å². The molecule has 0 bridgehead atoms. The average Bonchev–Trinajstić information content (AvgIpc) is 2.88. The van der Waals surface area contributed by atoms with Gasteiger partial charge in [-0.3, -0.25) is 0 Å². The Morgan fingerprint density at radius 2 is 1.92 bits per heavy atom. The Kier molecular flexibility index (Phi) is 4.86. The van der Waals surface area contributed by atoms with Crippen molar-refractivity contribution in [3.63, 3.8) is 0 Å². The first-order valence-electron chi connectivity index (χ1n) is 7.41. The van der Waals surface area contributed by atoms with Gasteiger partial charge in [-0.15, -0.1) is 11.3 Å². The second-order valence-corrected chi connectivity index (χ2v) is 9.19. The summed E-state index contributed by atoms with van der Waals surface area (Å²) in [4.78, 5) is 13.2. The molecular formula is C18H15ClO4S2. The topological polar surface area (TPSA) is 60.4 Å². The third kappa shape index (κ3) is 3.71. The third-order valence-corrected chi connectivity index (χ3v) is 6.59. The molecule has 0 saturated heterocycles. The van der Waals surface area contributed by atoms with Gasteiger partial charge in [0.15, 0.2) is 9.84 Å². The maximum Gasteiger partial charge on any atom is 0.338 e. The molecule has 130 valence electrons. The van der Waals surface area contributed by atoms with Crippen LogP contribution in [-0.4, -0.2) is 20.6 Å². The molecule has 3 rings (SSSR count). The van der Waals surface area contributed by atoms with Crippen molar-refractivity contribution in [1.82, 2.24) is 0 Å². The number of rotatable bonds is 4. The number of esters is 1. The molecule has 0 N–H and O–H groups in total. The number of ether oxygens (including phenoxy) is 1. The molecule has 0 radical (unpaired) electrons. The van der Waals surface area contributed by atoms with E-state index in [1.54, 1.807) is 13.0 Å². The molecule has 1 aromatic heterocycles. The zero-order chi connectivity index (χ0) is 18.2. The normalized spacial score (nSPS) is 11.6. The monoisotopic (exact) mass is 394 g/mol. The molecule has 2 aromatic carbocycles. The minimum atomic E-state index is -3.39. The van der Waals surface area contributed by atoms with Crippen LogP contribution in [0.25, 0.3) is 10.1 Å². The highest BCUT2D eigenvalue weighted by molar-refractivity contribution is 7.90. The SMILES string of the molecule is Cc1ccc(S(C)(=O)=O)cc1C(=O)OCc1sc2ccccc2c1Cl. The number of carbonyl (C=O) groups excluding carboxylic acids is 1. The summed E-state index contributed by atoms with van der Waals surface area (Å²) in [5.41, 5.74) is 0.889. The highest BCUT2D eigenvalue weighted by Gasteiger charge is 2.17. The number of aryl methyl sites for hydroxylation is 1. The Morgan fingerprint density at radius 3 is 2.60 bits per heavy atom. The Labute approximate surface area is 154 Å². The summed E-state index contributed by atoms with van der Waals surface area (Å²) in [5.74, 6) is -0.573. The van der Waals surface area contributed by atoms with Gasteiger partial charge in [0.25, 0.3) is 0 Å². The smallest absolute Gasteiger partial charge is 0.338 e. The molecular weight excluding hydrogens is 380 g/mol. The zero-order valence-electron chi connectivity index (χ0n) is 13.6. The second-order valence-electron chi connectivity index (χ2n) is 5.66. The van der Waals surface area contributed by atoms with E-state index in [1.165, 1.54) is 23.5 Å². The second kappa shape index (κ2) is 6.78. The first kappa shape index (κ1) is 17.9. The van der Waals surface area contributed by atoms with E-state index in [2.05, 4.69) is 0 Å². The Balaban J connectivity index is 1.84. The average molecular weight is 395 g/mol. The first-order valence-corrected chi connectivity index (χ1v) is 10.5. The van der Waals surface area contributed by atoms with Crippen molar-refractivity contribution in [2.45, 2.75) is 18.4 Å². The summed E-state index contributed by atoms with van der Waals surface area (Å²) in [6.07, 6.45) is 1.10. The van der Waals surface area contributed by atoms with Gasteiger partial charge in [0.2, 0.25) is 0 Å². The minimum Gasteiger partial charge on any atom is -0.456 e. The van der Waals surface area contributed by atoms with Crippen molar-refractivity contribution in [1.29, 1.82) is 0 Å². The summed E-state index contributed by atoms with van der Waals surface area (Å²) in [7, 11) is -3.39. The molecule has 4 nitrogen and oxygen atoms in total. The van der Waals surface area contributed by atoms with Crippen LogP contribution >= 0.6 is 22.9 Å². The summed E-state index contributed by atoms with van der Waals surface area (Å²) in [6, 6.07) is 12.1. The number of hydrogen-bond donors (Lipinski definition) is 0. The van der Waals surface area contributed by atoms with Gasteiger partial charge < -0.3 is 4.74 Å². The molecule has 0 amide bonds. The molecule has 0 atom stereocenters. The molecule has 0 fully saturated rings. The Morgan fingerprint density at radius 1 is 1.20 bits per heavy atom. The van der Waals surface area contributed by atoms with Gasteiger partial charge in [0.05, 0.1) is 20.4 Å². The maximum absolute atomic E-state index is 12.4. The molecule has 0 saturated carbocycles. The van der Waals surface area contributed by atoms with E-state index in [-0.39, 0.29) is 17.1 Å². The molecule has 7 heteroatoms. The zero-order valence-corrected chi connectivity index (χ0v) is 16.0. The predicted molar refractivity (Wildman–Crippen MR) is 100 cm³/mol. The van der Waals surface area contributed by atoms with Crippen LogP contribution in [0.1, 0.15) is 20.8 Å². The number of thiophene rings is 1. The number of carbonyl (C=O) groups is 1. The molecule has 0 unspecified atom stereocenters. The van der Waals surface area contributed by atoms with Crippen molar-refractivity contribution >= 4 is 48.8 Å². The quantitative estimate of drug-likeness (QED) is 0.605. The lowest BCUT2D eigenvalue weighted by Crippen LogP contribution is -2.08. The molecule has 3 aromatic rings. The van der Waals surface area contributed by atoms with Crippen molar-refractivity contribution in [2.75, 3.05) is 6.26 Å². The molecule has 0 aliphatic rings. The maximum atomic E-state index is 12.4. The van der Waals surface area contributed by atoms with Crippen LogP contribution in [0.3, 0.4) is 0 Å². The van der Waals surface area contributed by atoms with E-state index >= 15 is 0 Å². The van der Waals surface area contributed by atoms with Crippen LogP contribution < -0.4 is 0 Å². The fourth-order valence-corrected chi connectivity index (χ4v) is 4.47. The molecule has 0 aliphatic heterocycles. The van der Waals surface area contributed by atoms with Crippen LogP contribution in [-0.2, 0) is 21.2 Å². The summed E-state index contributed by atoms with van der Waals surface area (Å²) < 4.78 is 29.7. The Bertz CT molecular complexity index is 1070. The lowest BCUT2D eigenvalue weighted by atomic mass is 10.1. The molecule has 0 spiro atoms. The minimum absolute atomic E-state index is 0.0412. The van der Waals surface area contributed by atoms with Crippen LogP contribution in [0, 0.1) is 6.92 Å². The van der Waals surface area contributed by atoms with Gasteiger partial charge in [-0.05, 0) is 30.7 Å². The fraction of sp³-hybridized carbons (Fsp3) is 0.167. The highest BCUT2D eigenvalue weighted by Crippen LogP contribution is 2.35. The van der Waals surface area contributed by atoms with Gasteiger partial charge >= 0.3 is 5.97 Å². The van der Waals surface area contributed by atoms with Crippen molar-refractivity contribution in [3.8, 4) is 0 Å². The number of sulfone groups is 1. The van der Waals surface area contributed by atoms with Gasteiger partial charge in [-0.2, -0.15) is 0 Å². The number of halogens is 1. The van der Waals surface area contributed by atoms with E-state index < -0.39 is 15.8 Å². The number of benzene rings is 2. The molecule has 25 heavy (non-hydrogen) atoms. The van der Waals surface area contributed by atoms with Gasteiger partial charge in [-0.1, -0.05) is 35.9 Å². The van der Waals surface area contributed by atoms with Crippen molar-refractivity contribution < 1.29 is 17.9 Å². The lowest BCUT2D eigenvalue weighted by Gasteiger charge is -2.08.